The molecule has 10 heteroatoms. The van der Waals surface area contributed by atoms with Crippen LogP contribution < -0.4 is 15.0 Å². The van der Waals surface area contributed by atoms with Gasteiger partial charge in [-0.2, -0.15) is 0 Å². The van der Waals surface area contributed by atoms with Gasteiger partial charge in [0.25, 0.3) is 0 Å². The fourth-order valence-corrected chi connectivity index (χ4v) is 5.85. The molecule has 0 radical (unpaired) electrons. The second kappa shape index (κ2) is 10.9. The number of pyridine rings is 1. The minimum atomic E-state index is -0.456. The molecule has 0 bridgehead atoms. The van der Waals surface area contributed by atoms with E-state index in [1.807, 2.05) is 31.3 Å². The third-order valence-electron chi connectivity index (χ3n) is 8.10. The van der Waals surface area contributed by atoms with Crippen LogP contribution in [0.4, 0.5) is 10.6 Å². The number of amides is 3. The average molecular weight is 543 g/mol. The van der Waals surface area contributed by atoms with E-state index < -0.39 is 6.03 Å². The van der Waals surface area contributed by atoms with E-state index >= 15 is 0 Å². The Morgan fingerprint density at radius 3 is 2.70 bits per heavy atom. The monoisotopic (exact) mass is 542 g/mol. The first-order valence-electron chi connectivity index (χ1n) is 13.8. The number of imidazole rings is 1. The lowest BCUT2D eigenvalue weighted by Crippen LogP contribution is -2.50. The van der Waals surface area contributed by atoms with Crippen molar-refractivity contribution in [2.75, 3.05) is 18.1 Å². The maximum atomic E-state index is 12.3. The van der Waals surface area contributed by atoms with Crippen LogP contribution >= 0.6 is 0 Å². The lowest BCUT2D eigenvalue weighted by molar-refractivity contribution is -0.120. The Labute approximate surface area is 233 Å². The summed E-state index contributed by atoms with van der Waals surface area (Å²) in [5.74, 6) is 1.77. The number of anilines is 1. The molecule has 2 atom stereocenters. The van der Waals surface area contributed by atoms with Crippen LogP contribution in [0.3, 0.4) is 0 Å². The van der Waals surface area contributed by atoms with Gasteiger partial charge in [0.15, 0.2) is 5.82 Å². The number of carbonyl (C=O) groups is 2. The third-order valence-corrected chi connectivity index (χ3v) is 8.10. The zero-order valence-corrected chi connectivity index (χ0v) is 22.7. The number of benzene rings is 1. The van der Waals surface area contributed by atoms with Crippen molar-refractivity contribution in [3.63, 3.8) is 0 Å². The molecule has 208 valence electrons. The van der Waals surface area contributed by atoms with Gasteiger partial charge in [-0.3, -0.25) is 19.9 Å². The number of carbonyl (C=O) groups excluding carboxylic acids is 2. The van der Waals surface area contributed by atoms with Gasteiger partial charge >= 0.3 is 6.03 Å². The summed E-state index contributed by atoms with van der Waals surface area (Å²) in [6, 6.07) is 11.5. The highest BCUT2D eigenvalue weighted by Gasteiger charge is 2.32. The molecule has 0 unspecified atom stereocenters. The van der Waals surface area contributed by atoms with Crippen molar-refractivity contribution < 1.29 is 19.4 Å². The summed E-state index contributed by atoms with van der Waals surface area (Å²) in [6.45, 7) is 5.77. The molecular formula is C30H34N6O4. The Balaban J connectivity index is 1.16. The first-order valence-corrected chi connectivity index (χ1v) is 13.8. The molecule has 1 aliphatic carbocycles. The Kier molecular flexibility index (Phi) is 7.12. The SMILES string of the molecule is C=C1CCCC[C@@H]1Oc1ccc(CN2Cc3ccc(-c4ncc(N5CCC(=O)NC5=O)n4C)nc3[C@H]2CO)cc1. The molecular weight excluding hydrogens is 508 g/mol. The minimum Gasteiger partial charge on any atom is -0.486 e. The number of hydrogen-bond donors (Lipinski definition) is 2. The fraction of sp³-hybridized carbons (Fsp3) is 0.400. The van der Waals surface area contributed by atoms with Gasteiger partial charge in [-0.1, -0.05) is 24.8 Å². The number of hydrogen-bond acceptors (Lipinski definition) is 7. The number of urea groups is 1. The molecule has 2 aliphatic heterocycles. The lowest BCUT2D eigenvalue weighted by atomic mass is 9.93. The predicted octanol–water partition coefficient (Wildman–Crippen LogP) is 3.86. The van der Waals surface area contributed by atoms with Crippen molar-refractivity contribution in [2.24, 2.45) is 7.05 Å². The number of aliphatic hydroxyl groups excluding tert-OH is 1. The highest BCUT2D eigenvalue weighted by molar-refractivity contribution is 6.05. The van der Waals surface area contributed by atoms with Crippen molar-refractivity contribution >= 4 is 17.8 Å². The van der Waals surface area contributed by atoms with E-state index in [0.717, 1.165) is 35.4 Å². The highest BCUT2D eigenvalue weighted by Crippen LogP contribution is 2.36. The molecule has 2 aromatic heterocycles. The molecule has 4 heterocycles. The quantitative estimate of drug-likeness (QED) is 0.436. The number of aromatic nitrogens is 3. The fourth-order valence-electron chi connectivity index (χ4n) is 5.85. The molecule has 3 amide bonds. The van der Waals surface area contributed by atoms with Crippen LogP contribution in [0.25, 0.3) is 11.5 Å². The lowest BCUT2D eigenvalue weighted by Gasteiger charge is -2.26. The first kappa shape index (κ1) is 26.2. The number of nitrogens with one attached hydrogen (secondary N) is 1. The van der Waals surface area contributed by atoms with Crippen molar-refractivity contribution in [3.8, 4) is 17.3 Å². The van der Waals surface area contributed by atoms with E-state index in [2.05, 4.69) is 33.9 Å². The van der Waals surface area contributed by atoms with E-state index in [1.54, 1.807) is 10.8 Å². The summed E-state index contributed by atoms with van der Waals surface area (Å²) in [5.41, 5.74) is 4.88. The predicted molar refractivity (Wildman–Crippen MR) is 149 cm³/mol. The van der Waals surface area contributed by atoms with Gasteiger partial charge in [-0.05, 0) is 60.6 Å². The van der Waals surface area contributed by atoms with Crippen molar-refractivity contribution in [3.05, 3.63) is 71.6 Å². The second-order valence-corrected chi connectivity index (χ2v) is 10.8. The number of imide groups is 1. The second-order valence-electron chi connectivity index (χ2n) is 10.8. The van der Waals surface area contributed by atoms with Gasteiger partial charge in [0.1, 0.15) is 23.4 Å². The van der Waals surface area contributed by atoms with Crippen LogP contribution in [0.15, 0.2) is 54.7 Å². The van der Waals surface area contributed by atoms with E-state index in [4.69, 9.17) is 9.72 Å². The number of aliphatic hydroxyl groups is 1. The number of nitrogens with zero attached hydrogens (tertiary/aromatic N) is 5. The summed E-state index contributed by atoms with van der Waals surface area (Å²) in [6.07, 6.45) is 6.39. The summed E-state index contributed by atoms with van der Waals surface area (Å²) in [4.78, 5) is 37.1. The molecule has 2 fully saturated rings. The standard InChI is InChI=1S/C30H34N6O4/c1-19-5-3-4-6-25(19)40-22-10-7-20(8-11-22)16-35-17-21-9-12-23(32-28(21)24(35)18-37)29-31-15-27(34(29)2)36-14-13-26(38)33-30(36)39/h7-12,15,24-25,37H,1,3-6,13-14,16-18H2,2H3,(H,33,38,39)/t24-,25+/m1/s1. The molecule has 40 heavy (non-hydrogen) atoms. The smallest absolute Gasteiger partial charge is 0.329 e. The number of ether oxygens (including phenoxy) is 1. The van der Waals surface area contributed by atoms with Gasteiger partial charge in [0.2, 0.25) is 5.91 Å². The van der Waals surface area contributed by atoms with E-state index in [9.17, 15) is 14.7 Å². The Morgan fingerprint density at radius 1 is 1.12 bits per heavy atom. The summed E-state index contributed by atoms with van der Waals surface area (Å²) < 4.78 is 7.99. The maximum Gasteiger partial charge on any atom is 0.329 e. The van der Waals surface area contributed by atoms with Gasteiger partial charge in [-0.25, -0.2) is 14.8 Å². The summed E-state index contributed by atoms with van der Waals surface area (Å²) >= 11 is 0. The normalized spacial score (nSPS) is 21.4. The molecule has 1 saturated heterocycles. The Bertz CT molecular complexity index is 1450. The maximum absolute atomic E-state index is 12.3. The average Bonchev–Trinajstić information content (AvgIpc) is 3.50. The van der Waals surface area contributed by atoms with Crippen LogP contribution in [-0.4, -0.2) is 55.7 Å². The van der Waals surface area contributed by atoms with Crippen LogP contribution in [-0.2, 0) is 24.9 Å². The van der Waals surface area contributed by atoms with Gasteiger partial charge in [0, 0.05) is 33.1 Å². The van der Waals surface area contributed by atoms with Crippen LogP contribution in [0, 0.1) is 0 Å². The largest absolute Gasteiger partial charge is 0.486 e. The third kappa shape index (κ3) is 5.00. The molecule has 1 aromatic carbocycles. The molecule has 2 N–H and O–H groups in total. The van der Waals surface area contributed by atoms with Crippen LogP contribution in [0.2, 0.25) is 0 Å². The molecule has 3 aliphatic rings. The number of fused-ring (bicyclic) bond motifs is 1. The van der Waals surface area contributed by atoms with Gasteiger partial charge < -0.3 is 14.4 Å². The van der Waals surface area contributed by atoms with Gasteiger partial charge in [0.05, 0.1) is 24.5 Å². The topological polar surface area (TPSA) is 113 Å². The number of rotatable bonds is 7. The zero-order chi connectivity index (χ0) is 27.8. The van der Waals surface area contributed by atoms with E-state index in [0.29, 0.717) is 37.0 Å². The van der Waals surface area contributed by atoms with Crippen molar-refractivity contribution in [1.29, 1.82) is 0 Å². The van der Waals surface area contributed by atoms with Crippen LogP contribution in [0.1, 0.15) is 55.0 Å². The Hall–Kier alpha value is -4.02. The first-order chi connectivity index (χ1) is 19.4. The molecule has 6 rings (SSSR count). The summed E-state index contributed by atoms with van der Waals surface area (Å²) in [5, 5.41) is 12.7. The van der Waals surface area contributed by atoms with E-state index in [-0.39, 0.29) is 31.1 Å². The molecule has 1 saturated carbocycles. The molecule has 10 nitrogen and oxygen atoms in total. The van der Waals surface area contributed by atoms with Crippen molar-refractivity contribution in [1.82, 2.24) is 24.8 Å². The van der Waals surface area contributed by atoms with Crippen LogP contribution in [0.5, 0.6) is 5.75 Å². The highest BCUT2D eigenvalue weighted by atomic mass is 16.5. The van der Waals surface area contributed by atoms with E-state index in [1.165, 1.54) is 23.3 Å². The zero-order valence-electron chi connectivity index (χ0n) is 22.7. The molecule has 3 aromatic rings. The molecule has 0 spiro atoms. The van der Waals surface area contributed by atoms with Crippen molar-refractivity contribution in [2.45, 2.75) is 57.3 Å². The minimum absolute atomic E-state index is 0.0533. The summed E-state index contributed by atoms with van der Waals surface area (Å²) in [7, 11) is 1.82. The van der Waals surface area contributed by atoms with Gasteiger partial charge in [-0.15, -0.1) is 0 Å². The Morgan fingerprint density at radius 2 is 1.95 bits per heavy atom.